The molecular formula is C80H131N15O34. The molecule has 129 heavy (non-hydrogen) atoms. The monoisotopic (exact) mass is 1850 g/mol. The molecule has 0 radical (unpaired) electrons. The van der Waals surface area contributed by atoms with Crippen molar-refractivity contribution in [3.05, 3.63) is 47.8 Å². The van der Waals surface area contributed by atoms with Crippen molar-refractivity contribution in [3.63, 3.8) is 0 Å². The molecule has 730 valence electrons. The molecule has 49 nitrogen and oxygen atoms in total. The first-order valence-corrected chi connectivity index (χ1v) is 43.8. The lowest BCUT2D eigenvalue weighted by molar-refractivity contribution is -0.238. The highest BCUT2D eigenvalue weighted by Gasteiger charge is 2.62. The summed E-state index contributed by atoms with van der Waals surface area (Å²) in [7, 11) is 0. The standard InChI is InChI=1S/C80H131N15O34/c1-55(96)82-65-68(103)71(106)78(52-124-74(65)127-78)49-118-37-34-115-31-28-112-25-22-109-19-16-92-40-58(86-89-92)43-121-46-77(85-62(100)11-6-4-8-14-81-61(99)10-7-5-9-15-95-63(101)12-13-64(95)102,47-122-44-59-41-93(90-87-59)17-20-110-23-26-113-29-32-116-35-38-119-50-79-53-125-75(128-79)66(83-56(2)97)69(104)72(79)107)48-123-45-60-42-94(91-88-60)18-21-111-24-27-114-30-33-117-36-39-120-51-80-54-126-76(129-80)67(84-57(3)98)70(105)73(80)108/h12-13,40-42,62,65-76,85,100,103-108H,4-11,14-39,43-54H2,1-3H3,(H,81,99)(H,82,96)(H,83,97)(H,84,98)/t62?,65-,66-,67-,68-,69-,70-,71-,72-,73-,74+,75+,76+,78+,79+,80+/m1/s1. The van der Waals surface area contributed by atoms with Crippen molar-refractivity contribution in [3.8, 4) is 0 Å². The number of unbranched alkanes of at least 4 members (excludes halogenated alkanes) is 4. The number of nitrogens with zero attached hydrogens (tertiary/aromatic N) is 10. The lowest BCUT2D eigenvalue weighted by Crippen LogP contribution is -2.66. The van der Waals surface area contributed by atoms with Crippen LogP contribution in [0.3, 0.4) is 0 Å². The summed E-state index contributed by atoms with van der Waals surface area (Å²) >= 11 is 0. The van der Waals surface area contributed by atoms with Crippen LogP contribution in [0.4, 0.5) is 0 Å². The van der Waals surface area contributed by atoms with Crippen molar-refractivity contribution in [2.45, 2.75) is 214 Å². The third-order valence-corrected chi connectivity index (χ3v) is 21.8. The van der Waals surface area contributed by atoms with E-state index in [1.54, 1.807) is 32.6 Å². The maximum absolute atomic E-state index is 12.7. The van der Waals surface area contributed by atoms with E-state index in [0.717, 1.165) is 0 Å². The molecule has 3 aromatic heterocycles. The van der Waals surface area contributed by atoms with Crippen LogP contribution in [0.5, 0.6) is 0 Å². The summed E-state index contributed by atoms with van der Waals surface area (Å²) in [5.41, 5.74) is -3.58. The minimum atomic E-state index is -1.35. The van der Waals surface area contributed by atoms with Gasteiger partial charge < -0.3 is 156 Å². The highest BCUT2D eigenvalue weighted by molar-refractivity contribution is 6.12. The molecule has 16 atom stereocenters. The first kappa shape index (κ1) is 104. The quantitative estimate of drug-likeness (QED) is 0.0142. The van der Waals surface area contributed by atoms with Crippen molar-refractivity contribution in [2.75, 3.05) is 211 Å². The van der Waals surface area contributed by atoms with E-state index in [4.69, 9.17) is 99.5 Å². The fourth-order valence-corrected chi connectivity index (χ4v) is 15.0. The lowest BCUT2D eigenvalue weighted by Gasteiger charge is -2.42. The van der Waals surface area contributed by atoms with Gasteiger partial charge in [0, 0.05) is 52.4 Å². The number of carbonyl (C=O) groups excluding carboxylic acids is 6. The Morgan fingerprint density at radius 1 is 0.426 bits per heavy atom. The van der Waals surface area contributed by atoms with Crippen molar-refractivity contribution in [2.24, 2.45) is 0 Å². The number of carbonyl (C=O) groups is 6. The van der Waals surface area contributed by atoms with E-state index in [1.807, 2.05) is 0 Å². The number of ether oxygens (including phenoxy) is 21. The summed E-state index contributed by atoms with van der Waals surface area (Å²) in [6.07, 6.45) is 0.226. The number of hydrogen-bond acceptors (Lipinski definition) is 41. The van der Waals surface area contributed by atoms with Crippen molar-refractivity contribution in [1.29, 1.82) is 0 Å². The topological polar surface area (TPSA) is 593 Å². The lowest BCUT2D eigenvalue weighted by atomic mass is 9.88. The average Bonchev–Trinajstić information content (AvgIpc) is 1.61. The van der Waals surface area contributed by atoms with E-state index in [-0.39, 0.29) is 156 Å². The number of aliphatic hydroxyl groups excluding tert-OH is 7. The summed E-state index contributed by atoms with van der Waals surface area (Å²) in [5.74, 6) is -1.95. The summed E-state index contributed by atoms with van der Waals surface area (Å²) in [6.45, 7) is 10.8. The number of rotatable bonds is 71. The van der Waals surface area contributed by atoms with E-state index in [0.29, 0.717) is 180 Å². The van der Waals surface area contributed by atoms with Crippen LogP contribution in [-0.2, 0) is 168 Å². The molecule has 6 saturated heterocycles. The number of aliphatic hydroxyl groups is 7. The number of imide groups is 1. The zero-order valence-corrected chi connectivity index (χ0v) is 73.5. The number of nitrogens with one attached hydrogen (secondary N) is 5. The third kappa shape index (κ3) is 33.6. The maximum atomic E-state index is 12.7. The SMILES string of the molecule is CC(=O)N[C@H]1[C@H]2OC[C@](COCCOCCOCCOCCn3cc(COCC(COCc4cn(CCOCCOCCOCCOC[C@@]56CO[C@@H](O5)[C@H](NC(C)=O)[C@@H](O)[C@H]6O)nn4)(COCc4cn(CCOCCOCCOCCOC[C@@]56CO[C@@H](O5)[C@H](NC(C)=O)[C@@H](O)[C@H]6O)nn4)NC(O)CCCCCNC(=O)CCCCCN4C(=O)C=CC4=O)nn3)(O2)[C@H](O)[C@@H]1O. The summed E-state index contributed by atoms with van der Waals surface area (Å²) in [6, 6.07) is -2.74. The van der Waals surface area contributed by atoms with Crippen molar-refractivity contribution < 1.29 is 164 Å². The summed E-state index contributed by atoms with van der Waals surface area (Å²) < 4.78 is 127. The van der Waals surface area contributed by atoms with E-state index in [2.05, 4.69) is 57.5 Å². The average molecular weight is 1850 g/mol. The van der Waals surface area contributed by atoms with E-state index >= 15 is 0 Å². The maximum Gasteiger partial charge on any atom is 0.253 e. The zero-order chi connectivity index (χ0) is 91.7. The Bertz CT molecular complexity index is 3500. The van der Waals surface area contributed by atoms with Crippen LogP contribution in [0, 0.1) is 0 Å². The van der Waals surface area contributed by atoms with Gasteiger partial charge in [-0.05, 0) is 32.1 Å². The Labute approximate surface area is 746 Å². The molecule has 1 unspecified atom stereocenters. The van der Waals surface area contributed by atoms with Crippen LogP contribution in [0.2, 0.25) is 0 Å². The van der Waals surface area contributed by atoms with Gasteiger partial charge >= 0.3 is 0 Å². The predicted molar refractivity (Wildman–Crippen MR) is 436 cm³/mol. The second-order valence-electron chi connectivity index (χ2n) is 32.2. The Morgan fingerprint density at radius 2 is 0.744 bits per heavy atom. The Balaban J connectivity index is 0.652. The van der Waals surface area contributed by atoms with Crippen LogP contribution in [0.15, 0.2) is 30.7 Å². The van der Waals surface area contributed by atoms with E-state index < -0.39 is 120 Å². The highest BCUT2D eigenvalue weighted by Crippen LogP contribution is 2.40. The molecule has 0 aliphatic carbocycles. The zero-order valence-electron chi connectivity index (χ0n) is 73.5. The van der Waals surface area contributed by atoms with Gasteiger partial charge in [-0.3, -0.25) is 39.0 Å². The second-order valence-corrected chi connectivity index (χ2v) is 32.2. The molecule has 6 amide bonds. The molecule has 0 spiro atoms. The minimum Gasteiger partial charge on any atom is -0.388 e. The van der Waals surface area contributed by atoms with Crippen molar-refractivity contribution in [1.82, 2.24) is 76.5 Å². The Hall–Kier alpha value is -6.98. The number of aromatic nitrogens is 9. The highest BCUT2D eigenvalue weighted by atomic mass is 16.8. The van der Waals surface area contributed by atoms with E-state index in [9.17, 15) is 64.5 Å². The van der Waals surface area contributed by atoms with Crippen LogP contribution >= 0.6 is 0 Å². The van der Waals surface area contributed by atoms with Crippen LogP contribution in [0.1, 0.15) is 89.2 Å². The van der Waals surface area contributed by atoms with Crippen LogP contribution < -0.4 is 26.6 Å². The van der Waals surface area contributed by atoms with Gasteiger partial charge in [0.15, 0.2) is 18.9 Å². The van der Waals surface area contributed by atoms with E-state index in [1.165, 1.54) is 37.8 Å². The minimum absolute atomic E-state index is 0.00446. The van der Waals surface area contributed by atoms with Gasteiger partial charge in [0.1, 0.15) is 94.9 Å². The molecule has 10 rings (SSSR count). The Morgan fingerprint density at radius 3 is 1.08 bits per heavy atom. The van der Waals surface area contributed by atoms with Gasteiger partial charge in [0.05, 0.1) is 262 Å². The largest absolute Gasteiger partial charge is 0.388 e. The molecule has 0 saturated carbocycles. The molecule has 0 aromatic carbocycles. The van der Waals surface area contributed by atoms with Gasteiger partial charge in [-0.15, -0.1) is 15.3 Å². The van der Waals surface area contributed by atoms with Gasteiger partial charge in [-0.1, -0.05) is 28.5 Å². The molecule has 10 heterocycles. The van der Waals surface area contributed by atoms with Gasteiger partial charge in [-0.25, -0.2) is 14.0 Å². The molecule has 7 aliphatic rings. The fraction of sp³-hybridized carbons (Fsp3) is 0.825. The summed E-state index contributed by atoms with van der Waals surface area (Å²) in [4.78, 5) is 72.5. The molecule has 12 N–H and O–H groups in total. The molecule has 49 heteroatoms. The number of fused-ring (bicyclic) bond motifs is 6. The molecule has 6 bridgehead atoms. The molecular weight excluding hydrogens is 1710 g/mol. The van der Waals surface area contributed by atoms with Crippen LogP contribution in [0.25, 0.3) is 0 Å². The smallest absolute Gasteiger partial charge is 0.253 e. The van der Waals surface area contributed by atoms with Crippen molar-refractivity contribution >= 4 is 35.4 Å². The first-order chi connectivity index (χ1) is 62.5. The first-order valence-electron chi connectivity index (χ1n) is 43.8. The number of hydrogen-bond donors (Lipinski definition) is 12. The molecule has 7 aliphatic heterocycles. The summed E-state index contributed by atoms with van der Waals surface area (Å²) in [5, 5.41) is 116. The Kier molecular flexibility index (Phi) is 44.4. The van der Waals surface area contributed by atoms with Crippen LogP contribution in [-0.4, -0.2) is 435 Å². The predicted octanol–water partition coefficient (Wildman–Crippen LogP) is -6.53. The normalized spacial score (nSPS) is 26.1. The second kappa shape index (κ2) is 55.0. The van der Waals surface area contributed by atoms with Gasteiger partial charge in [-0.2, -0.15) is 0 Å². The molecule has 3 aromatic rings. The third-order valence-electron chi connectivity index (χ3n) is 21.8. The number of amides is 6. The molecule has 6 fully saturated rings. The fourth-order valence-electron chi connectivity index (χ4n) is 15.0. The van der Waals surface area contributed by atoms with Gasteiger partial charge in [0.25, 0.3) is 11.8 Å². The van der Waals surface area contributed by atoms with Gasteiger partial charge in [0.2, 0.25) is 23.6 Å².